The highest BCUT2D eigenvalue weighted by Gasteiger charge is 2.22. The lowest BCUT2D eigenvalue weighted by atomic mass is 9.94. The molecule has 1 amide bonds. The summed E-state index contributed by atoms with van der Waals surface area (Å²) in [6.07, 6.45) is 0. The number of benzene rings is 2. The van der Waals surface area contributed by atoms with E-state index < -0.39 is 0 Å². The Morgan fingerprint density at radius 1 is 1.12 bits per heavy atom. The molecule has 0 saturated heterocycles. The highest BCUT2D eigenvalue weighted by Crippen LogP contribution is 2.25. The number of hydrogen-bond acceptors (Lipinski definition) is 4. The molecule has 5 heteroatoms. The van der Waals surface area contributed by atoms with Gasteiger partial charge in [0, 0.05) is 24.7 Å². The predicted octanol–water partition coefficient (Wildman–Crippen LogP) is 2.59. The van der Waals surface area contributed by atoms with E-state index in [1.165, 1.54) is 16.7 Å². The fraction of sp³-hybridized carbons (Fsp3) is 0.316. The third-order valence-electron chi connectivity index (χ3n) is 4.26. The van der Waals surface area contributed by atoms with Crippen LogP contribution in [0.4, 0.5) is 0 Å². The Bertz CT molecular complexity index is 736. The minimum atomic E-state index is -0.146. The Hall–Kier alpha value is -2.53. The second kappa shape index (κ2) is 6.93. The highest BCUT2D eigenvalue weighted by atomic mass is 16.5. The molecule has 24 heavy (non-hydrogen) atoms. The number of rotatable bonds is 4. The van der Waals surface area contributed by atoms with Gasteiger partial charge < -0.3 is 20.1 Å². The van der Waals surface area contributed by atoms with Crippen LogP contribution in [-0.4, -0.2) is 26.7 Å². The average Bonchev–Trinajstić information content (AvgIpc) is 2.61. The summed E-state index contributed by atoms with van der Waals surface area (Å²) in [6, 6.07) is 11.5. The van der Waals surface area contributed by atoms with E-state index >= 15 is 0 Å². The van der Waals surface area contributed by atoms with Gasteiger partial charge in [-0.2, -0.15) is 0 Å². The van der Waals surface area contributed by atoms with Crippen molar-refractivity contribution in [2.75, 3.05) is 20.8 Å². The Morgan fingerprint density at radius 2 is 1.83 bits per heavy atom. The zero-order chi connectivity index (χ0) is 17.1. The number of amides is 1. The van der Waals surface area contributed by atoms with Crippen LogP contribution in [0.3, 0.4) is 0 Å². The van der Waals surface area contributed by atoms with Gasteiger partial charge in [-0.25, -0.2) is 0 Å². The van der Waals surface area contributed by atoms with E-state index in [-0.39, 0.29) is 11.9 Å². The molecule has 1 aliphatic heterocycles. The normalized spacial score (nSPS) is 16.2. The van der Waals surface area contributed by atoms with E-state index in [2.05, 4.69) is 35.8 Å². The molecule has 1 unspecified atom stereocenters. The maximum atomic E-state index is 12.7. The summed E-state index contributed by atoms with van der Waals surface area (Å²) in [5, 5.41) is 6.46. The molecule has 2 N–H and O–H groups in total. The van der Waals surface area contributed by atoms with Crippen LogP contribution in [0.5, 0.6) is 11.5 Å². The van der Waals surface area contributed by atoms with Gasteiger partial charge in [0.25, 0.3) is 5.91 Å². The molecular weight excluding hydrogens is 304 g/mol. The van der Waals surface area contributed by atoms with Crippen molar-refractivity contribution in [2.24, 2.45) is 0 Å². The molecule has 0 aliphatic carbocycles. The summed E-state index contributed by atoms with van der Waals surface area (Å²) in [7, 11) is 3.14. The fourth-order valence-corrected chi connectivity index (χ4v) is 3.00. The molecule has 1 aliphatic rings. The molecule has 3 rings (SSSR count). The molecule has 0 aromatic heterocycles. The van der Waals surface area contributed by atoms with Gasteiger partial charge in [0.15, 0.2) is 0 Å². The monoisotopic (exact) mass is 326 g/mol. The van der Waals surface area contributed by atoms with Crippen molar-refractivity contribution >= 4 is 5.91 Å². The third kappa shape index (κ3) is 3.36. The van der Waals surface area contributed by atoms with Crippen molar-refractivity contribution in [2.45, 2.75) is 19.5 Å². The number of hydrogen-bond donors (Lipinski definition) is 2. The van der Waals surface area contributed by atoms with Crippen molar-refractivity contribution < 1.29 is 14.3 Å². The summed E-state index contributed by atoms with van der Waals surface area (Å²) in [5.41, 5.74) is 4.14. The molecule has 2 aromatic carbocycles. The number of nitrogens with one attached hydrogen (secondary N) is 2. The van der Waals surface area contributed by atoms with Gasteiger partial charge in [-0.05, 0) is 30.2 Å². The predicted molar refractivity (Wildman–Crippen MR) is 92.6 cm³/mol. The van der Waals surface area contributed by atoms with Crippen LogP contribution in [0.1, 0.15) is 33.1 Å². The summed E-state index contributed by atoms with van der Waals surface area (Å²) < 4.78 is 10.5. The summed E-state index contributed by atoms with van der Waals surface area (Å²) in [6.45, 7) is 3.62. The van der Waals surface area contributed by atoms with Gasteiger partial charge in [-0.3, -0.25) is 4.79 Å². The topological polar surface area (TPSA) is 59.6 Å². The van der Waals surface area contributed by atoms with Crippen molar-refractivity contribution in [1.82, 2.24) is 10.6 Å². The lowest BCUT2D eigenvalue weighted by molar-refractivity contribution is 0.0934. The molecule has 5 nitrogen and oxygen atoms in total. The number of carbonyl (C=O) groups excluding carboxylic acids is 1. The van der Waals surface area contributed by atoms with Crippen LogP contribution in [0.15, 0.2) is 36.4 Å². The van der Waals surface area contributed by atoms with Crippen LogP contribution < -0.4 is 20.1 Å². The molecule has 0 spiro atoms. The van der Waals surface area contributed by atoms with Crippen molar-refractivity contribution in [1.29, 1.82) is 0 Å². The van der Waals surface area contributed by atoms with Gasteiger partial charge in [-0.1, -0.05) is 23.8 Å². The van der Waals surface area contributed by atoms with Gasteiger partial charge in [-0.15, -0.1) is 0 Å². The fourth-order valence-electron chi connectivity index (χ4n) is 3.00. The molecule has 0 fully saturated rings. The van der Waals surface area contributed by atoms with E-state index in [0.717, 1.165) is 6.54 Å². The SMILES string of the molecule is COc1cc(OC)cc(C(=O)NC2CNCc3cc(C)ccc32)c1. The summed E-state index contributed by atoms with van der Waals surface area (Å²) in [5.74, 6) is 1.04. The molecule has 0 saturated carbocycles. The zero-order valence-corrected chi connectivity index (χ0v) is 14.2. The molecule has 0 bridgehead atoms. The van der Waals surface area contributed by atoms with Gasteiger partial charge >= 0.3 is 0 Å². The first-order valence-corrected chi connectivity index (χ1v) is 7.95. The lowest BCUT2D eigenvalue weighted by Crippen LogP contribution is -2.39. The Kier molecular flexibility index (Phi) is 4.71. The van der Waals surface area contributed by atoms with Gasteiger partial charge in [0.1, 0.15) is 11.5 Å². The summed E-state index contributed by atoms with van der Waals surface area (Å²) in [4.78, 5) is 12.7. The highest BCUT2D eigenvalue weighted by molar-refractivity contribution is 5.95. The van der Waals surface area contributed by atoms with Crippen molar-refractivity contribution in [3.63, 3.8) is 0 Å². The Labute approximate surface area is 142 Å². The third-order valence-corrected chi connectivity index (χ3v) is 4.26. The Balaban J connectivity index is 1.84. The van der Waals surface area contributed by atoms with E-state index in [0.29, 0.717) is 23.6 Å². The number of carbonyl (C=O) groups is 1. The molecule has 1 atom stereocenters. The van der Waals surface area contributed by atoms with E-state index in [9.17, 15) is 4.79 Å². The first-order chi connectivity index (χ1) is 11.6. The van der Waals surface area contributed by atoms with Gasteiger partial charge in [0.05, 0.1) is 20.3 Å². The first kappa shape index (κ1) is 16.3. The van der Waals surface area contributed by atoms with E-state index in [1.807, 2.05) is 0 Å². The molecular formula is C19H22N2O3. The summed E-state index contributed by atoms with van der Waals surface area (Å²) >= 11 is 0. The number of methoxy groups -OCH3 is 2. The van der Waals surface area contributed by atoms with Crippen molar-refractivity contribution in [3.8, 4) is 11.5 Å². The number of ether oxygens (including phenoxy) is 2. The van der Waals surface area contributed by atoms with Crippen LogP contribution in [0.2, 0.25) is 0 Å². The maximum absolute atomic E-state index is 12.7. The number of fused-ring (bicyclic) bond motifs is 1. The minimum Gasteiger partial charge on any atom is -0.497 e. The minimum absolute atomic E-state index is 0.0564. The zero-order valence-electron chi connectivity index (χ0n) is 14.2. The van der Waals surface area contributed by atoms with Crippen LogP contribution >= 0.6 is 0 Å². The average molecular weight is 326 g/mol. The van der Waals surface area contributed by atoms with Gasteiger partial charge in [0.2, 0.25) is 0 Å². The maximum Gasteiger partial charge on any atom is 0.252 e. The standard InChI is InChI=1S/C19H22N2O3/c1-12-4-5-17-14(6-12)10-20-11-18(17)21-19(22)13-7-15(23-2)9-16(8-13)24-3/h4-9,18,20H,10-11H2,1-3H3,(H,21,22). The van der Waals surface area contributed by atoms with E-state index in [4.69, 9.17) is 9.47 Å². The molecule has 0 radical (unpaired) electrons. The second-order valence-electron chi connectivity index (χ2n) is 5.96. The molecule has 126 valence electrons. The largest absolute Gasteiger partial charge is 0.497 e. The lowest BCUT2D eigenvalue weighted by Gasteiger charge is -2.27. The Morgan fingerprint density at radius 3 is 2.50 bits per heavy atom. The van der Waals surface area contributed by atoms with Crippen LogP contribution in [-0.2, 0) is 6.54 Å². The first-order valence-electron chi connectivity index (χ1n) is 7.95. The van der Waals surface area contributed by atoms with Crippen LogP contribution in [0, 0.1) is 6.92 Å². The quantitative estimate of drug-likeness (QED) is 0.907. The second-order valence-corrected chi connectivity index (χ2v) is 5.96. The molecule has 1 heterocycles. The number of aryl methyl sites for hydroxylation is 1. The van der Waals surface area contributed by atoms with E-state index in [1.54, 1.807) is 32.4 Å². The van der Waals surface area contributed by atoms with Crippen LogP contribution in [0.25, 0.3) is 0 Å². The van der Waals surface area contributed by atoms with Crippen molar-refractivity contribution in [3.05, 3.63) is 58.7 Å². The smallest absolute Gasteiger partial charge is 0.252 e. The molecule has 2 aromatic rings.